The van der Waals surface area contributed by atoms with Crippen LogP contribution in [0.3, 0.4) is 0 Å². The summed E-state index contributed by atoms with van der Waals surface area (Å²) in [5, 5.41) is 0. The Morgan fingerprint density at radius 3 is 0.880 bits per heavy atom. The Bertz CT molecular complexity index is 638. The maximum atomic E-state index is 2.38. The summed E-state index contributed by atoms with van der Waals surface area (Å²) in [4.78, 5) is 4.20. The van der Waals surface area contributed by atoms with E-state index < -0.39 is 10.0 Å². The van der Waals surface area contributed by atoms with E-state index in [4.69, 9.17) is 0 Å². The van der Waals surface area contributed by atoms with Gasteiger partial charge >= 0.3 is 0 Å². The Balaban J connectivity index is 0.000000399. The first-order valence-corrected chi connectivity index (χ1v) is 10.8. The van der Waals surface area contributed by atoms with Crippen LogP contribution in [0.1, 0.15) is 27.7 Å². The Morgan fingerprint density at radius 1 is 0.480 bits per heavy atom. The molecule has 0 nitrogen and oxygen atoms in total. The van der Waals surface area contributed by atoms with Gasteiger partial charge in [0.05, 0.1) is 0 Å². The van der Waals surface area contributed by atoms with Gasteiger partial charge in [0.15, 0.2) is 0 Å². The number of rotatable bonds is 3. The molecule has 3 aromatic rings. The van der Waals surface area contributed by atoms with E-state index in [2.05, 4.69) is 125 Å². The zero-order valence-corrected chi connectivity index (χ0v) is 16.9. The van der Waals surface area contributed by atoms with Crippen molar-refractivity contribution < 1.29 is 0 Å². The molecule has 0 aliphatic rings. The van der Waals surface area contributed by atoms with Crippen LogP contribution in [-0.2, 0) is 0 Å². The molecule has 0 aliphatic carbocycles. The Kier molecular flexibility index (Phi) is 6.50. The predicted octanol–water partition coefficient (Wildman–Crippen LogP) is 7.65. The summed E-state index contributed by atoms with van der Waals surface area (Å²) in [6, 6.07) is 32.5. The normalized spacial score (nSPS) is 12.0. The second-order valence-electron chi connectivity index (χ2n) is 7.86. The molecule has 3 aromatic carbocycles. The van der Waals surface area contributed by atoms with E-state index in [9.17, 15) is 0 Å². The van der Waals surface area contributed by atoms with Crippen LogP contribution < -0.4 is 0 Å². The van der Waals surface area contributed by atoms with Gasteiger partial charge in [-0.25, -0.2) is 0 Å². The Labute approximate surface area is 155 Å². The minimum atomic E-state index is -1.18. The highest BCUT2D eigenvalue weighted by molar-refractivity contribution is 8.33. The fourth-order valence-electron chi connectivity index (χ4n) is 2.49. The van der Waals surface area contributed by atoms with Crippen molar-refractivity contribution in [1.29, 1.82) is 0 Å². The molecule has 25 heavy (non-hydrogen) atoms. The third kappa shape index (κ3) is 5.51. The van der Waals surface area contributed by atoms with Gasteiger partial charge in [-0.3, -0.25) is 0 Å². The van der Waals surface area contributed by atoms with E-state index in [1.807, 2.05) is 0 Å². The smallest absolute Gasteiger partial charge is 0.00212 e. The minimum Gasteiger partial charge on any atom is -0.163 e. The first-order chi connectivity index (χ1) is 11.8. The summed E-state index contributed by atoms with van der Waals surface area (Å²) < 4.78 is 0. The van der Waals surface area contributed by atoms with Gasteiger partial charge in [-0.15, -0.1) is 0 Å². The highest BCUT2D eigenvalue weighted by Gasteiger charge is 2.24. The molecule has 0 aromatic heterocycles. The van der Waals surface area contributed by atoms with Gasteiger partial charge in [0.25, 0.3) is 0 Å². The van der Waals surface area contributed by atoms with Crippen LogP contribution >= 0.6 is 10.0 Å². The third-order valence-corrected chi connectivity index (χ3v) is 7.29. The van der Waals surface area contributed by atoms with Crippen molar-refractivity contribution >= 4 is 10.0 Å². The molecule has 0 fully saturated rings. The summed E-state index contributed by atoms with van der Waals surface area (Å²) in [7, 11) is -1.18. The number of hydrogen-bond donors (Lipinski definition) is 0. The molecule has 0 bridgehead atoms. The molecule has 0 spiro atoms. The van der Waals surface area contributed by atoms with Crippen molar-refractivity contribution in [3.63, 3.8) is 0 Å². The van der Waals surface area contributed by atoms with Crippen LogP contribution in [0.2, 0.25) is 0 Å². The van der Waals surface area contributed by atoms with E-state index in [0.29, 0.717) is 5.41 Å². The topological polar surface area (TPSA) is 0 Å². The fourth-order valence-corrected chi connectivity index (χ4v) is 5.41. The van der Waals surface area contributed by atoms with Crippen molar-refractivity contribution in [3.05, 3.63) is 91.0 Å². The first-order valence-electron chi connectivity index (χ1n) is 8.75. The van der Waals surface area contributed by atoms with Gasteiger partial charge in [0.2, 0.25) is 0 Å². The lowest BCUT2D eigenvalue weighted by Crippen LogP contribution is -2.01. The standard InChI is InChI=1S/C19H18S.C5H12/c1-20(17-11-5-2-6-12-17,18-13-7-3-8-14-18)19-15-9-4-10-16-19;1-5(2,3)4/h2-16H,1H3;1-4H3. The van der Waals surface area contributed by atoms with Crippen LogP contribution in [0.25, 0.3) is 0 Å². The summed E-state index contributed by atoms with van der Waals surface area (Å²) in [6.07, 6.45) is 2.38. The van der Waals surface area contributed by atoms with Gasteiger partial charge in [0.1, 0.15) is 0 Å². The van der Waals surface area contributed by atoms with Crippen LogP contribution in [0.15, 0.2) is 106 Å². The average Bonchev–Trinajstić information content (AvgIpc) is 2.62. The van der Waals surface area contributed by atoms with Crippen LogP contribution in [0, 0.1) is 5.41 Å². The molecule has 0 atom stereocenters. The van der Waals surface area contributed by atoms with Crippen molar-refractivity contribution in [2.75, 3.05) is 6.26 Å². The highest BCUT2D eigenvalue weighted by atomic mass is 32.3. The zero-order chi connectivity index (χ0) is 18.3. The minimum absolute atomic E-state index is 0.500. The zero-order valence-electron chi connectivity index (χ0n) is 16.1. The van der Waals surface area contributed by atoms with E-state index in [-0.39, 0.29) is 0 Å². The van der Waals surface area contributed by atoms with E-state index in [0.717, 1.165) is 0 Å². The van der Waals surface area contributed by atoms with Crippen LogP contribution in [0.5, 0.6) is 0 Å². The largest absolute Gasteiger partial charge is 0.163 e. The second-order valence-corrected chi connectivity index (χ2v) is 11.1. The summed E-state index contributed by atoms with van der Waals surface area (Å²) >= 11 is 0. The van der Waals surface area contributed by atoms with E-state index in [1.165, 1.54) is 14.7 Å². The summed E-state index contributed by atoms with van der Waals surface area (Å²) in [5.74, 6) is 0. The van der Waals surface area contributed by atoms with Crippen molar-refractivity contribution in [2.24, 2.45) is 5.41 Å². The molecule has 0 aliphatic heterocycles. The molecule has 132 valence electrons. The van der Waals surface area contributed by atoms with Gasteiger partial charge in [-0.1, -0.05) is 82.3 Å². The number of benzene rings is 3. The highest BCUT2D eigenvalue weighted by Crippen LogP contribution is 2.65. The molecule has 0 saturated heterocycles. The van der Waals surface area contributed by atoms with E-state index in [1.54, 1.807) is 0 Å². The molecule has 0 N–H and O–H groups in total. The van der Waals surface area contributed by atoms with Crippen molar-refractivity contribution in [3.8, 4) is 0 Å². The number of hydrogen-bond acceptors (Lipinski definition) is 0. The fraction of sp³-hybridized carbons (Fsp3) is 0.250. The lowest BCUT2D eigenvalue weighted by Gasteiger charge is -2.37. The second kappa shape index (κ2) is 8.40. The van der Waals surface area contributed by atoms with Crippen LogP contribution in [-0.4, -0.2) is 6.26 Å². The first kappa shape index (κ1) is 19.3. The summed E-state index contributed by atoms with van der Waals surface area (Å²) in [6.45, 7) is 8.75. The molecule has 0 amide bonds. The van der Waals surface area contributed by atoms with E-state index >= 15 is 0 Å². The molecule has 1 heteroatoms. The quantitative estimate of drug-likeness (QED) is 0.455. The maximum Gasteiger partial charge on any atom is -0.00212 e. The van der Waals surface area contributed by atoms with Gasteiger partial charge < -0.3 is 0 Å². The molecule has 0 unspecified atom stereocenters. The lowest BCUT2D eigenvalue weighted by molar-refractivity contribution is 0.469. The van der Waals surface area contributed by atoms with Crippen molar-refractivity contribution in [1.82, 2.24) is 0 Å². The molecule has 3 rings (SSSR count). The Hall–Kier alpha value is -1.99. The molecular formula is C24H30S. The SMILES string of the molecule is CC(C)(C)C.CS(c1ccccc1)(c1ccccc1)c1ccccc1. The molecular weight excluding hydrogens is 320 g/mol. The van der Waals surface area contributed by atoms with Gasteiger partial charge in [0, 0.05) is 0 Å². The molecule has 0 radical (unpaired) electrons. The van der Waals surface area contributed by atoms with Crippen molar-refractivity contribution in [2.45, 2.75) is 42.4 Å². The average molecular weight is 351 g/mol. The molecule has 0 saturated carbocycles. The van der Waals surface area contributed by atoms with Gasteiger partial charge in [-0.2, -0.15) is 10.0 Å². The predicted molar refractivity (Wildman–Crippen MR) is 113 cm³/mol. The van der Waals surface area contributed by atoms with Gasteiger partial charge in [-0.05, 0) is 62.8 Å². The monoisotopic (exact) mass is 350 g/mol. The maximum absolute atomic E-state index is 2.38. The lowest BCUT2D eigenvalue weighted by atomic mass is 10.0. The third-order valence-electron chi connectivity index (χ3n) is 3.64. The van der Waals surface area contributed by atoms with Crippen LogP contribution in [0.4, 0.5) is 0 Å². The summed E-state index contributed by atoms with van der Waals surface area (Å²) in [5.41, 5.74) is 0.500. The molecule has 0 heterocycles. The Morgan fingerprint density at radius 2 is 0.680 bits per heavy atom.